The Morgan fingerprint density at radius 2 is 1.92 bits per heavy atom. The molecule has 1 aliphatic heterocycles. The number of nitrogens with one attached hydrogen (secondary N) is 1. The fourth-order valence-corrected chi connectivity index (χ4v) is 3.87. The third-order valence-electron chi connectivity index (χ3n) is 5.21. The van der Waals surface area contributed by atoms with E-state index in [2.05, 4.69) is 31.3 Å². The van der Waals surface area contributed by atoms with Gasteiger partial charge in [-0.25, -0.2) is 4.79 Å². The summed E-state index contributed by atoms with van der Waals surface area (Å²) >= 11 is 0. The van der Waals surface area contributed by atoms with Crippen LogP contribution in [0.4, 0.5) is 0 Å². The lowest BCUT2D eigenvalue weighted by Crippen LogP contribution is -2.34. The molecule has 1 aromatic rings. The Balaban J connectivity index is 2.12. The predicted molar refractivity (Wildman–Crippen MR) is 102 cm³/mol. The van der Waals surface area contributed by atoms with E-state index in [1.807, 2.05) is 19.1 Å². The van der Waals surface area contributed by atoms with Gasteiger partial charge in [0.25, 0.3) is 0 Å². The molecule has 0 spiro atoms. The molecule has 1 aliphatic carbocycles. The van der Waals surface area contributed by atoms with E-state index < -0.39 is 0 Å². The molecule has 4 nitrogen and oxygen atoms in total. The number of carbonyl (C=O) groups is 2. The van der Waals surface area contributed by atoms with E-state index in [0.717, 1.165) is 35.4 Å². The van der Waals surface area contributed by atoms with E-state index in [9.17, 15) is 9.59 Å². The number of hydrogen-bond donors (Lipinski definition) is 1. The van der Waals surface area contributed by atoms with Crippen LogP contribution in [-0.2, 0) is 14.3 Å². The Labute approximate surface area is 155 Å². The fraction of sp³-hybridized carbons (Fsp3) is 0.455. The lowest BCUT2D eigenvalue weighted by molar-refractivity contribution is -0.138. The Bertz CT molecular complexity index is 784. The predicted octanol–water partition coefficient (Wildman–Crippen LogP) is 4.34. The van der Waals surface area contributed by atoms with Crippen LogP contribution in [0.15, 0.2) is 46.8 Å². The Morgan fingerprint density at radius 1 is 1.23 bits per heavy atom. The zero-order valence-electron chi connectivity index (χ0n) is 16.0. The van der Waals surface area contributed by atoms with Crippen LogP contribution in [0.3, 0.4) is 0 Å². The van der Waals surface area contributed by atoms with Crippen LogP contribution in [0.25, 0.3) is 0 Å². The van der Waals surface area contributed by atoms with E-state index in [1.54, 1.807) is 6.92 Å². The molecule has 0 radical (unpaired) electrons. The van der Waals surface area contributed by atoms with Crippen LogP contribution >= 0.6 is 0 Å². The molecule has 1 atom stereocenters. The molecule has 1 aromatic carbocycles. The van der Waals surface area contributed by atoms with Gasteiger partial charge >= 0.3 is 5.97 Å². The third kappa shape index (κ3) is 3.33. The maximum absolute atomic E-state index is 12.7. The maximum atomic E-state index is 12.7. The van der Waals surface area contributed by atoms with Crippen molar-refractivity contribution in [3.63, 3.8) is 0 Å². The molecular formula is C22H27NO3. The average molecular weight is 353 g/mol. The third-order valence-corrected chi connectivity index (χ3v) is 5.21. The Morgan fingerprint density at radius 3 is 2.54 bits per heavy atom. The average Bonchev–Trinajstić information content (AvgIpc) is 2.61. The largest absolute Gasteiger partial charge is 0.463 e. The minimum absolute atomic E-state index is 0.131. The van der Waals surface area contributed by atoms with Gasteiger partial charge in [-0.1, -0.05) is 38.1 Å². The molecule has 1 N–H and O–H groups in total. The molecule has 0 fully saturated rings. The number of allylic oxidation sites excluding steroid dienone is 3. The van der Waals surface area contributed by atoms with Crippen molar-refractivity contribution in [3.05, 3.63) is 57.9 Å². The first-order chi connectivity index (χ1) is 12.4. The van der Waals surface area contributed by atoms with E-state index in [1.165, 1.54) is 5.56 Å². The summed E-state index contributed by atoms with van der Waals surface area (Å²) in [4.78, 5) is 25.4. The van der Waals surface area contributed by atoms with Gasteiger partial charge in [0.05, 0.1) is 12.2 Å². The highest BCUT2D eigenvalue weighted by Gasteiger charge is 2.38. The highest BCUT2D eigenvalue weighted by atomic mass is 16.5. The molecule has 3 rings (SSSR count). The maximum Gasteiger partial charge on any atom is 0.336 e. The van der Waals surface area contributed by atoms with Crippen molar-refractivity contribution in [1.82, 2.24) is 5.32 Å². The summed E-state index contributed by atoms with van der Waals surface area (Å²) in [7, 11) is 0. The van der Waals surface area contributed by atoms with Crippen LogP contribution in [0, 0.1) is 0 Å². The van der Waals surface area contributed by atoms with Crippen molar-refractivity contribution in [2.75, 3.05) is 6.61 Å². The Kier molecular flexibility index (Phi) is 5.30. The number of dihydropyridines is 1. The van der Waals surface area contributed by atoms with Crippen LogP contribution in [-0.4, -0.2) is 18.4 Å². The first-order valence-electron chi connectivity index (χ1n) is 9.45. The highest BCUT2D eigenvalue weighted by molar-refractivity contribution is 6.03. The van der Waals surface area contributed by atoms with Gasteiger partial charge in [-0.05, 0) is 43.7 Å². The van der Waals surface area contributed by atoms with E-state index in [4.69, 9.17) is 4.74 Å². The van der Waals surface area contributed by atoms with E-state index in [0.29, 0.717) is 24.5 Å². The van der Waals surface area contributed by atoms with Crippen molar-refractivity contribution < 1.29 is 14.3 Å². The minimum atomic E-state index is -0.348. The Hall–Kier alpha value is -2.36. The smallest absolute Gasteiger partial charge is 0.336 e. The molecule has 2 aliphatic rings. The number of rotatable bonds is 4. The minimum Gasteiger partial charge on any atom is -0.463 e. The monoisotopic (exact) mass is 353 g/mol. The summed E-state index contributed by atoms with van der Waals surface area (Å²) in [5.41, 5.74) is 5.26. The SMILES string of the molecule is CCOC(=O)C1=C(C)NC2=C(C(=O)CCC2)C1c1ccc(C(C)C)cc1. The van der Waals surface area contributed by atoms with Crippen LogP contribution in [0.5, 0.6) is 0 Å². The highest BCUT2D eigenvalue weighted by Crippen LogP contribution is 2.42. The molecule has 1 heterocycles. The standard InChI is InChI=1S/C22H27NO3/c1-5-26-22(25)19-14(4)23-17-7-6-8-18(24)21(17)20(19)16-11-9-15(10-12-16)13(2)3/h9-13,20,23H,5-8H2,1-4H3. The number of hydrogen-bond acceptors (Lipinski definition) is 4. The van der Waals surface area contributed by atoms with E-state index in [-0.39, 0.29) is 17.7 Å². The van der Waals surface area contributed by atoms with Gasteiger partial charge in [0.1, 0.15) is 0 Å². The molecule has 4 heteroatoms. The summed E-state index contributed by atoms with van der Waals surface area (Å²) in [6.45, 7) is 8.31. The summed E-state index contributed by atoms with van der Waals surface area (Å²) in [5.74, 6) is -0.129. The second kappa shape index (κ2) is 7.48. The van der Waals surface area contributed by atoms with Gasteiger partial charge in [0, 0.05) is 29.3 Å². The second-order valence-corrected chi connectivity index (χ2v) is 7.31. The fourth-order valence-electron chi connectivity index (χ4n) is 3.87. The number of esters is 1. The molecule has 0 bridgehead atoms. The molecule has 1 unspecified atom stereocenters. The van der Waals surface area contributed by atoms with Crippen molar-refractivity contribution in [3.8, 4) is 0 Å². The molecule has 0 saturated heterocycles. The van der Waals surface area contributed by atoms with E-state index >= 15 is 0 Å². The summed E-state index contributed by atoms with van der Waals surface area (Å²) < 4.78 is 5.31. The topological polar surface area (TPSA) is 55.4 Å². The van der Waals surface area contributed by atoms with Crippen LogP contribution in [0.2, 0.25) is 0 Å². The quantitative estimate of drug-likeness (QED) is 0.818. The zero-order chi connectivity index (χ0) is 18.8. The number of ether oxygens (including phenoxy) is 1. The first-order valence-corrected chi connectivity index (χ1v) is 9.45. The molecule has 26 heavy (non-hydrogen) atoms. The molecule has 0 aromatic heterocycles. The van der Waals surface area contributed by atoms with Gasteiger partial charge in [-0.15, -0.1) is 0 Å². The number of ketones is 1. The van der Waals surface area contributed by atoms with Crippen LogP contribution < -0.4 is 5.32 Å². The summed E-state index contributed by atoms with van der Waals surface area (Å²) in [6, 6.07) is 8.27. The van der Waals surface area contributed by atoms with Gasteiger partial charge < -0.3 is 10.1 Å². The normalized spacial score (nSPS) is 20.2. The first kappa shape index (κ1) is 18.4. The summed E-state index contributed by atoms with van der Waals surface area (Å²) in [6.07, 6.45) is 2.23. The molecule has 0 saturated carbocycles. The number of benzene rings is 1. The zero-order valence-corrected chi connectivity index (χ0v) is 16.0. The lowest BCUT2D eigenvalue weighted by atomic mass is 9.75. The molecule has 0 amide bonds. The van der Waals surface area contributed by atoms with Gasteiger partial charge in [-0.3, -0.25) is 4.79 Å². The lowest BCUT2D eigenvalue weighted by Gasteiger charge is -2.34. The van der Waals surface area contributed by atoms with Gasteiger partial charge in [-0.2, -0.15) is 0 Å². The van der Waals surface area contributed by atoms with Crippen LogP contribution in [0.1, 0.15) is 69.9 Å². The van der Waals surface area contributed by atoms with Crippen molar-refractivity contribution in [2.45, 2.75) is 58.8 Å². The molecular weight excluding hydrogens is 326 g/mol. The van der Waals surface area contributed by atoms with Gasteiger partial charge in [0.2, 0.25) is 0 Å². The number of Topliss-reactive ketones (excluding diaryl/α,β-unsaturated/α-hetero) is 1. The van der Waals surface area contributed by atoms with Crippen molar-refractivity contribution >= 4 is 11.8 Å². The second-order valence-electron chi connectivity index (χ2n) is 7.31. The number of carbonyl (C=O) groups excluding carboxylic acids is 2. The van der Waals surface area contributed by atoms with Crippen molar-refractivity contribution in [1.29, 1.82) is 0 Å². The molecule has 138 valence electrons. The van der Waals surface area contributed by atoms with Crippen molar-refractivity contribution in [2.24, 2.45) is 0 Å². The summed E-state index contributed by atoms with van der Waals surface area (Å²) in [5, 5.41) is 3.31. The van der Waals surface area contributed by atoms with Gasteiger partial charge in [0.15, 0.2) is 5.78 Å².